The van der Waals surface area contributed by atoms with Crippen LogP contribution in [-0.4, -0.2) is 67.6 Å². The zero-order valence-electron chi connectivity index (χ0n) is 16.8. The van der Waals surface area contributed by atoms with Gasteiger partial charge in [0, 0.05) is 58.4 Å². The van der Waals surface area contributed by atoms with Gasteiger partial charge in [0.2, 0.25) is 5.91 Å². The molecule has 2 N–H and O–H groups in total. The molecule has 1 unspecified atom stereocenters. The molecule has 0 radical (unpaired) electrons. The monoisotopic (exact) mass is 488 g/mol. The van der Waals surface area contributed by atoms with Crippen molar-refractivity contribution in [2.45, 2.75) is 33.2 Å². The van der Waals surface area contributed by atoms with E-state index < -0.39 is 0 Å². The van der Waals surface area contributed by atoms with Gasteiger partial charge >= 0.3 is 0 Å². The third-order valence-corrected chi connectivity index (χ3v) is 4.82. The van der Waals surface area contributed by atoms with Crippen molar-refractivity contribution in [1.82, 2.24) is 20.5 Å². The van der Waals surface area contributed by atoms with Crippen LogP contribution in [0.5, 0.6) is 0 Å². The first kappa shape index (κ1) is 23.5. The summed E-state index contributed by atoms with van der Waals surface area (Å²) in [5.41, 5.74) is 0. The van der Waals surface area contributed by atoms with Crippen LogP contribution in [-0.2, 0) is 4.79 Å². The van der Waals surface area contributed by atoms with Crippen LogP contribution in [0.25, 0.3) is 0 Å². The average molecular weight is 488 g/mol. The highest BCUT2D eigenvalue weighted by Crippen LogP contribution is 2.12. The molecule has 152 valence electrons. The maximum atomic E-state index is 12.4. The number of anilines is 1. The van der Waals surface area contributed by atoms with E-state index in [4.69, 9.17) is 0 Å². The molecule has 0 saturated carbocycles. The Morgan fingerprint density at radius 2 is 1.93 bits per heavy atom. The van der Waals surface area contributed by atoms with E-state index in [0.717, 1.165) is 38.0 Å². The fourth-order valence-electron chi connectivity index (χ4n) is 2.75. The molecule has 1 aromatic heterocycles. The van der Waals surface area contributed by atoms with Crippen molar-refractivity contribution in [3.05, 3.63) is 24.4 Å². The maximum Gasteiger partial charge on any atom is 0.224 e. The van der Waals surface area contributed by atoms with Gasteiger partial charge in [-0.1, -0.05) is 19.9 Å². The molecule has 0 bridgehead atoms. The largest absolute Gasteiger partial charge is 0.356 e. The van der Waals surface area contributed by atoms with Crippen LogP contribution in [0, 0.1) is 5.92 Å². The summed E-state index contributed by atoms with van der Waals surface area (Å²) in [6, 6.07) is 6.25. The number of nitrogens with zero attached hydrogens (tertiary/aromatic N) is 4. The highest BCUT2D eigenvalue weighted by molar-refractivity contribution is 14.0. The summed E-state index contributed by atoms with van der Waals surface area (Å²) in [4.78, 5) is 25.2. The van der Waals surface area contributed by atoms with Crippen molar-refractivity contribution < 1.29 is 4.79 Å². The average Bonchev–Trinajstić information content (AvgIpc) is 2.67. The number of rotatable bonds is 6. The van der Waals surface area contributed by atoms with Crippen molar-refractivity contribution in [2.75, 3.05) is 44.7 Å². The van der Waals surface area contributed by atoms with E-state index >= 15 is 0 Å². The van der Waals surface area contributed by atoms with Crippen LogP contribution in [0.3, 0.4) is 0 Å². The lowest BCUT2D eigenvalue weighted by Crippen LogP contribution is -2.50. The van der Waals surface area contributed by atoms with Crippen molar-refractivity contribution in [2.24, 2.45) is 10.9 Å². The number of amides is 1. The predicted molar refractivity (Wildman–Crippen MR) is 122 cm³/mol. The number of aromatic nitrogens is 1. The third kappa shape index (κ3) is 7.51. The molecule has 2 rings (SSSR count). The molecule has 1 aliphatic rings. The standard InChI is InChI=1S/C19H32N6O.HI/c1-15(2)16(3)23-19(20-4)22-10-8-18(26)25-13-11-24(12-14-25)17-7-5-6-9-21-17;/h5-7,9,15-16H,8,10-14H2,1-4H3,(H2,20,22,23);1H. The van der Waals surface area contributed by atoms with Crippen molar-refractivity contribution in [3.8, 4) is 0 Å². The molecule has 0 spiro atoms. The van der Waals surface area contributed by atoms with E-state index in [9.17, 15) is 4.79 Å². The number of aliphatic imine (C=N–C) groups is 1. The molecule has 1 aromatic rings. The fraction of sp³-hybridized carbons (Fsp3) is 0.632. The minimum atomic E-state index is 0. The minimum absolute atomic E-state index is 0. The lowest BCUT2D eigenvalue weighted by Gasteiger charge is -2.35. The van der Waals surface area contributed by atoms with Gasteiger partial charge < -0.3 is 20.4 Å². The maximum absolute atomic E-state index is 12.4. The first-order chi connectivity index (χ1) is 12.5. The molecule has 1 saturated heterocycles. The van der Waals surface area contributed by atoms with Crippen molar-refractivity contribution >= 4 is 41.7 Å². The Hall–Kier alpha value is -1.58. The Labute approximate surface area is 180 Å². The number of hydrogen-bond donors (Lipinski definition) is 2. The SMILES string of the molecule is CN=C(NCCC(=O)N1CCN(c2ccccn2)CC1)NC(C)C(C)C.I. The van der Waals surface area contributed by atoms with E-state index in [2.05, 4.69) is 46.3 Å². The lowest BCUT2D eigenvalue weighted by atomic mass is 10.1. The van der Waals surface area contributed by atoms with Gasteiger partial charge in [-0.25, -0.2) is 4.98 Å². The molecule has 2 heterocycles. The second-order valence-corrected chi connectivity index (χ2v) is 6.98. The second kappa shape index (κ2) is 12.0. The number of hydrogen-bond acceptors (Lipinski definition) is 4. The first-order valence-corrected chi connectivity index (χ1v) is 9.42. The Bertz CT molecular complexity index is 587. The molecule has 1 fully saturated rings. The van der Waals surface area contributed by atoms with Gasteiger partial charge in [0.1, 0.15) is 5.82 Å². The number of pyridine rings is 1. The number of nitrogens with one attached hydrogen (secondary N) is 2. The topological polar surface area (TPSA) is 72.9 Å². The van der Waals surface area contributed by atoms with E-state index in [0.29, 0.717) is 24.9 Å². The Kier molecular flexibility index (Phi) is 10.4. The van der Waals surface area contributed by atoms with Gasteiger partial charge in [-0.3, -0.25) is 9.79 Å². The number of guanidine groups is 1. The molecule has 0 aliphatic carbocycles. The van der Waals surface area contributed by atoms with Gasteiger partial charge in [-0.15, -0.1) is 24.0 Å². The van der Waals surface area contributed by atoms with Crippen LogP contribution in [0.1, 0.15) is 27.2 Å². The Balaban J connectivity index is 0.00000364. The fourth-order valence-corrected chi connectivity index (χ4v) is 2.75. The number of halogens is 1. The van der Waals surface area contributed by atoms with Gasteiger partial charge in [0.15, 0.2) is 5.96 Å². The number of piperazine rings is 1. The van der Waals surface area contributed by atoms with Crippen LogP contribution in [0.15, 0.2) is 29.4 Å². The zero-order chi connectivity index (χ0) is 18.9. The second-order valence-electron chi connectivity index (χ2n) is 6.98. The molecule has 27 heavy (non-hydrogen) atoms. The number of carbonyl (C=O) groups excluding carboxylic acids is 1. The van der Waals surface area contributed by atoms with Crippen LogP contribution >= 0.6 is 24.0 Å². The normalized spacial score (nSPS) is 16.0. The van der Waals surface area contributed by atoms with Crippen molar-refractivity contribution in [3.63, 3.8) is 0 Å². The summed E-state index contributed by atoms with van der Waals surface area (Å²) in [7, 11) is 1.75. The highest BCUT2D eigenvalue weighted by Gasteiger charge is 2.21. The molecule has 0 aromatic carbocycles. The summed E-state index contributed by atoms with van der Waals surface area (Å²) in [6.45, 7) is 10.2. The summed E-state index contributed by atoms with van der Waals surface area (Å²) < 4.78 is 0. The third-order valence-electron chi connectivity index (χ3n) is 4.82. The van der Waals surface area contributed by atoms with Crippen LogP contribution in [0.2, 0.25) is 0 Å². The first-order valence-electron chi connectivity index (χ1n) is 9.42. The van der Waals surface area contributed by atoms with Gasteiger partial charge in [-0.2, -0.15) is 0 Å². The van der Waals surface area contributed by atoms with E-state index in [1.165, 1.54) is 0 Å². The molecule has 7 nitrogen and oxygen atoms in total. The molecule has 1 amide bonds. The van der Waals surface area contributed by atoms with Crippen molar-refractivity contribution in [1.29, 1.82) is 0 Å². The van der Waals surface area contributed by atoms with Crippen LogP contribution < -0.4 is 15.5 Å². The van der Waals surface area contributed by atoms with E-state index in [1.54, 1.807) is 13.2 Å². The smallest absolute Gasteiger partial charge is 0.224 e. The quantitative estimate of drug-likeness (QED) is 0.364. The van der Waals surface area contributed by atoms with E-state index in [1.807, 2.05) is 23.1 Å². The van der Waals surface area contributed by atoms with Gasteiger partial charge in [0.05, 0.1) is 0 Å². The molecule has 1 aliphatic heterocycles. The molecule has 8 heteroatoms. The van der Waals surface area contributed by atoms with Gasteiger partial charge in [-0.05, 0) is 25.0 Å². The number of carbonyl (C=O) groups is 1. The Morgan fingerprint density at radius 3 is 2.48 bits per heavy atom. The molecular weight excluding hydrogens is 455 g/mol. The summed E-state index contributed by atoms with van der Waals surface area (Å²) in [6.07, 6.45) is 2.28. The predicted octanol–water partition coefficient (Wildman–Crippen LogP) is 1.95. The molecular formula is C19H33IN6O. The summed E-state index contributed by atoms with van der Waals surface area (Å²) in [5.74, 6) is 2.44. The summed E-state index contributed by atoms with van der Waals surface area (Å²) >= 11 is 0. The molecule has 1 atom stereocenters. The van der Waals surface area contributed by atoms with Gasteiger partial charge in [0.25, 0.3) is 0 Å². The minimum Gasteiger partial charge on any atom is -0.356 e. The summed E-state index contributed by atoms with van der Waals surface area (Å²) in [5, 5.41) is 6.57. The van der Waals surface area contributed by atoms with E-state index in [-0.39, 0.29) is 29.9 Å². The lowest BCUT2D eigenvalue weighted by molar-refractivity contribution is -0.131. The highest BCUT2D eigenvalue weighted by atomic mass is 127. The zero-order valence-corrected chi connectivity index (χ0v) is 19.1. The van der Waals surface area contributed by atoms with Crippen LogP contribution in [0.4, 0.5) is 5.82 Å². The Morgan fingerprint density at radius 1 is 1.22 bits per heavy atom.